The van der Waals surface area contributed by atoms with Crippen LogP contribution in [0.4, 0.5) is 0 Å². The Morgan fingerprint density at radius 2 is 1.70 bits per heavy atom. The van der Waals surface area contributed by atoms with Gasteiger partial charge >= 0.3 is 5.97 Å². The van der Waals surface area contributed by atoms with Crippen LogP contribution in [0.1, 0.15) is 44.1 Å². The normalized spacial score (nSPS) is 19.4. The van der Waals surface area contributed by atoms with Crippen LogP contribution in [-0.4, -0.2) is 18.1 Å². The van der Waals surface area contributed by atoms with Gasteiger partial charge < -0.3 is 9.15 Å². The van der Waals surface area contributed by atoms with Gasteiger partial charge in [-0.05, 0) is 37.0 Å². The van der Waals surface area contributed by atoms with E-state index in [0.29, 0.717) is 11.6 Å². The van der Waals surface area contributed by atoms with Crippen LogP contribution in [-0.2, 0) is 26.4 Å². The van der Waals surface area contributed by atoms with Crippen molar-refractivity contribution in [2.45, 2.75) is 44.6 Å². The van der Waals surface area contributed by atoms with Gasteiger partial charge in [0.25, 0.3) is 0 Å². The van der Waals surface area contributed by atoms with Gasteiger partial charge in [0.1, 0.15) is 11.3 Å². The Morgan fingerprint density at radius 3 is 2.41 bits per heavy atom. The first kappa shape index (κ1) is 24.8. The van der Waals surface area contributed by atoms with Crippen LogP contribution in [0.15, 0.2) is 89.3 Å². The molecule has 1 aliphatic carbocycles. The maximum absolute atomic E-state index is 11.2. The van der Waals surface area contributed by atoms with Crippen LogP contribution < -0.4 is 4.89 Å². The standard InChI is InChI=1S/C31H31NO5/c1-22(33)36-37-27-18-11-12-23(21-27)20-26-17-9-10-19-31(26,34-2)30-32-28(24-13-5-3-6-14-24)29(35-30)25-15-7-4-8-16-25/h3-8,11-16,18,21,26H,9-10,17,19-20H2,1-2H3. The summed E-state index contributed by atoms with van der Waals surface area (Å²) in [6, 6.07) is 27.9. The lowest BCUT2D eigenvalue weighted by molar-refractivity contribution is -0.210. The van der Waals surface area contributed by atoms with Crippen LogP contribution in [0.25, 0.3) is 22.6 Å². The number of ether oxygens (including phenoxy) is 1. The van der Waals surface area contributed by atoms with Crippen molar-refractivity contribution in [1.82, 2.24) is 4.98 Å². The second-order valence-electron chi connectivity index (χ2n) is 9.47. The summed E-state index contributed by atoms with van der Waals surface area (Å²) in [7, 11) is 1.76. The van der Waals surface area contributed by atoms with Crippen molar-refractivity contribution in [3.63, 3.8) is 0 Å². The van der Waals surface area contributed by atoms with Crippen molar-refractivity contribution >= 4 is 5.97 Å². The fraction of sp³-hybridized carbons (Fsp3) is 0.290. The van der Waals surface area contributed by atoms with Crippen molar-refractivity contribution in [2.75, 3.05) is 7.11 Å². The number of oxazole rings is 1. The van der Waals surface area contributed by atoms with Crippen LogP contribution in [0.3, 0.4) is 0 Å². The van der Waals surface area contributed by atoms with E-state index in [0.717, 1.165) is 60.2 Å². The summed E-state index contributed by atoms with van der Waals surface area (Å²) in [5, 5.41) is 0. The summed E-state index contributed by atoms with van der Waals surface area (Å²) in [4.78, 5) is 26.1. The molecule has 0 N–H and O–H groups in total. The average molecular weight is 498 g/mol. The van der Waals surface area contributed by atoms with E-state index in [1.54, 1.807) is 13.2 Å². The van der Waals surface area contributed by atoms with E-state index in [4.69, 9.17) is 23.9 Å². The Morgan fingerprint density at radius 1 is 0.973 bits per heavy atom. The molecular weight excluding hydrogens is 466 g/mol. The molecule has 37 heavy (non-hydrogen) atoms. The number of hydrogen-bond donors (Lipinski definition) is 0. The highest BCUT2D eigenvalue weighted by molar-refractivity contribution is 5.76. The number of rotatable bonds is 8. The summed E-state index contributed by atoms with van der Waals surface area (Å²) in [5.74, 6) is 1.49. The molecule has 0 amide bonds. The third-order valence-electron chi connectivity index (χ3n) is 7.08. The number of methoxy groups -OCH3 is 1. The van der Waals surface area contributed by atoms with Gasteiger partial charge in [0, 0.05) is 31.1 Å². The van der Waals surface area contributed by atoms with E-state index >= 15 is 0 Å². The number of carbonyl (C=O) groups is 1. The highest BCUT2D eigenvalue weighted by Gasteiger charge is 2.47. The van der Waals surface area contributed by atoms with Crippen molar-refractivity contribution in [2.24, 2.45) is 5.92 Å². The molecule has 0 bridgehead atoms. The second-order valence-corrected chi connectivity index (χ2v) is 9.47. The molecule has 0 spiro atoms. The number of carbonyl (C=O) groups excluding carboxylic acids is 1. The van der Waals surface area contributed by atoms with Crippen LogP contribution >= 0.6 is 0 Å². The zero-order chi connectivity index (χ0) is 25.7. The summed E-state index contributed by atoms with van der Waals surface area (Å²) >= 11 is 0. The molecule has 1 aliphatic rings. The van der Waals surface area contributed by atoms with Gasteiger partial charge in [0.15, 0.2) is 11.5 Å². The monoisotopic (exact) mass is 497 g/mol. The molecule has 4 aromatic rings. The molecule has 1 fully saturated rings. The van der Waals surface area contributed by atoms with Gasteiger partial charge in [0.2, 0.25) is 5.89 Å². The Bertz CT molecular complexity index is 1280. The van der Waals surface area contributed by atoms with E-state index in [1.807, 2.05) is 60.7 Å². The van der Waals surface area contributed by atoms with Gasteiger partial charge in [-0.3, -0.25) is 9.78 Å². The lowest BCUT2D eigenvalue weighted by atomic mass is 9.72. The van der Waals surface area contributed by atoms with Crippen molar-refractivity contribution in [1.29, 1.82) is 0 Å². The zero-order valence-electron chi connectivity index (χ0n) is 21.2. The van der Waals surface area contributed by atoms with Gasteiger partial charge in [-0.2, -0.15) is 0 Å². The zero-order valence-corrected chi connectivity index (χ0v) is 21.2. The van der Waals surface area contributed by atoms with E-state index in [-0.39, 0.29) is 5.92 Å². The Labute approximate surface area is 217 Å². The minimum Gasteiger partial charge on any atom is -0.437 e. The predicted octanol–water partition coefficient (Wildman–Crippen LogP) is 7.14. The maximum atomic E-state index is 11.2. The SMILES string of the molecule is COC1(c2nc(-c3ccccc3)c(-c3ccccc3)o2)CCCCC1Cc1cccc(OOC(C)=O)c1. The van der Waals surface area contributed by atoms with Gasteiger partial charge in [-0.1, -0.05) is 85.6 Å². The highest BCUT2D eigenvalue weighted by Crippen LogP contribution is 2.48. The van der Waals surface area contributed by atoms with E-state index in [2.05, 4.69) is 18.2 Å². The van der Waals surface area contributed by atoms with E-state index in [9.17, 15) is 4.79 Å². The molecule has 2 atom stereocenters. The number of hydrogen-bond acceptors (Lipinski definition) is 6. The summed E-state index contributed by atoms with van der Waals surface area (Å²) < 4.78 is 13.0. The molecule has 3 aromatic carbocycles. The minimum atomic E-state index is -0.665. The van der Waals surface area contributed by atoms with Crippen LogP contribution in [0.5, 0.6) is 5.75 Å². The first-order chi connectivity index (χ1) is 18.1. The van der Waals surface area contributed by atoms with Gasteiger partial charge in [-0.25, -0.2) is 9.78 Å². The molecular formula is C31H31NO5. The average Bonchev–Trinajstić information content (AvgIpc) is 3.40. The van der Waals surface area contributed by atoms with Crippen molar-refractivity contribution in [3.8, 4) is 28.3 Å². The summed E-state index contributed by atoms with van der Waals surface area (Å²) in [6.07, 6.45) is 4.68. The van der Waals surface area contributed by atoms with Crippen molar-refractivity contribution in [3.05, 3.63) is 96.4 Å². The molecule has 1 aromatic heterocycles. The minimum absolute atomic E-state index is 0.140. The molecule has 0 aliphatic heterocycles. The largest absolute Gasteiger partial charge is 0.437 e. The third kappa shape index (κ3) is 5.30. The molecule has 2 unspecified atom stereocenters. The van der Waals surface area contributed by atoms with Crippen molar-refractivity contribution < 1.29 is 23.7 Å². The number of aromatic nitrogens is 1. The Balaban J connectivity index is 1.53. The summed E-state index contributed by atoms with van der Waals surface area (Å²) in [5.41, 5.74) is 3.21. The van der Waals surface area contributed by atoms with Crippen LogP contribution in [0.2, 0.25) is 0 Å². The fourth-order valence-electron chi connectivity index (χ4n) is 5.31. The topological polar surface area (TPSA) is 70.8 Å². The number of benzene rings is 3. The first-order valence-electron chi connectivity index (χ1n) is 12.7. The second kappa shape index (κ2) is 11.0. The molecule has 1 heterocycles. The van der Waals surface area contributed by atoms with Gasteiger partial charge in [0.05, 0.1) is 0 Å². The molecule has 1 saturated carbocycles. The Hall–Kier alpha value is -3.90. The number of nitrogens with zero attached hydrogens (tertiary/aromatic N) is 1. The molecule has 0 saturated heterocycles. The molecule has 190 valence electrons. The summed E-state index contributed by atoms with van der Waals surface area (Å²) in [6.45, 7) is 1.31. The molecule has 5 rings (SSSR count). The first-order valence-corrected chi connectivity index (χ1v) is 12.7. The maximum Gasteiger partial charge on any atom is 0.352 e. The fourth-order valence-corrected chi connectivity index (χ4v) is 5.31. The van der Waals surface area contributed by atoms with E-state index in [1.165, 1.54) is 6.92 Å². The van der Waals surface area contributed by atoms with E-state index < -0.39 is 11.6 Å². The highest BCUT2D eigenvalue weighted by atomic mass is 17.2. The quantitative estimate of drug-likeness (QED) is 0.190. The third-order valence-corrected chi connectivity index (χ3v) is 7.08. The smallest absolute Gasteiger partial charge is 0.352 e. The molecule has 6 nitrogen and oxygen atoms in total. The van der Waals surface area contributed by atoms with Crippen LogP contribution in [0, 0.1) is 5.92 Å². The lowest BCUT2D eigenvalue weighted by Crippen LogP contribution is -2.41. The Kier molecular flexibility index (Phi) is 7.37. The lowest BCUT2D eigenvalue weighted by Gasteiger charge is -2.40. The molecule has 6 heteroatoms. The van der Waals surface area contributed by atoms with Gasteiger partial charge in [-0.15, -0.1) is 0 Å². The molecule has 0 radical (unpaired) electrons. The predicted molar refractivity (Wildman–Crippen MR) is 141 cm³/mol.